The molecule has 0 bridgehead atoms. The fraction of sp³-hybridized carbons (Fsp3) is 0.564. The van der Waals surface area contributed by atoms with E-state index >= 15 is 0 Å². The molecule has 1 aromatic carbocycles. The molecule has 13 nitrogen and oxygen atoms in total. The summed E-state index contributed by atoms with van der Waals surface area (Å²) in [4.78, 5) is 74.0. The zero-order chi connectivity index (χ0) is 38.4. The van der Waals surface area contributed by atoms with Crippen LogP contribution in [0.5, 0.6) is 0 Å². The van der Waals surface area contributed by atoms with E-state index in [0.29, 0.717) is 44.2 Å². The van der Waals surface area contributed by atoms with Gasteiger partial charge in [0.05, 0.1) is 10.8 Å². The number of nitrogens with one attached hydrogen (secondary N) is 3. The van der Waals surface area contributed by atoms with Crippen LogP contribution in [0.3, 0.4) is 0 Å². The molecule has 2 saturated carbocycles. The monoisotopic (exact) mass is 779 g/mol. The highest BCUT2D eigenvalue weighted by molar-refractivity contribution is 7.91. The van der Waals surface area contributed by atoms with Gasteiger partial charge in [0.1, 0.15) is 23.2 Å². The number of carbonyl (C=O) groups excluding carboxylic acids is 5. The molecule has 3 N–H and O–H groups in total. The third kappa shape index (κ3) is 8.07. The van der Waals surface area contributed by atoms with Gasteiger partial charge >= 0.3 is 6.09 Å². The number of likely N-dealkylation sites (tertiary alicyclic amines) is 1. The van der Waals surface area contributed by atoms with Crippen LogP contribution in [0.1, 0.15) is 82.5 Å². The number of benzene rings is 1. The number of nitrogens with zero attached hydrogens (tertiary/aromatic N) is 2. The summed E-state index contributed by atoms with van der Waals surface area (Å²) in [5.74, 6) is -3.13. The van der Waals surface area contributed by atoms with E-state index in [4.69, 9.17) is 4.74 Å². The van der Waals surface area contributed by atoms with Gasteiger partial charge in [-0.1, -0.05) is 55.3 Å². The molecule has 4 heterocycles. The molecule has 290 valence electrons. The Morgan fingerprint density at radius 3 is 2.48 bits per heavy atom. The second-order valence-corrected chi connectivity index (χ2v) is 19.2. The van der Waals surface area contributed by atoms with Gasteiger partial charge in [-0.05, 0) is 70.9 Å². The van der Waals surface area contributed by atoms with Crippen LogP contribution in [-0.2, 0) is 29.1 Å². The molecule has 5 amide bonds. The van der Waals surface area contributed by atoms with Crippen LogP contribution < -0.4 is 15.4 Å². The third-order valence-electron chi connectivity index (χ3n) is 11.1. The molecule has 54 heavy (non-hydrogen) atoms. The molecule has 1 aromatic heterocycles. The Labute approximate surface area is 320 Å². The van der Waals surface area contributed by atoms with Crippen LogP contribution >= 0.6 is 11.3 Å². The standard InChI is InChI=1S/C39H49N5O8S2/c1-38(2,3)52-37(49)40-30-15-11-6-4-5-10-14-27-19-39(27,36(48)42-54(50,51)28-16-17-28)41-33(45)32-29-22-43(20-26(29)21-44(32)35(30)47)34(46)25-18-31(53-23-25)24-12-8-7-9-13-24/h7-10,12-14,18,23,26-30,32H,4-6,11,15-17,19-22H2,1-3H3,(H,40,49)(H,41,45)(H,42,48)/b14-10-/t26-,27+,29-,30+,32-,39+/m0/s1. The van der Waals surface area contributed by atoms with E-state index in [1.54, 1.807) is 25.7 Å². The molecule has 5 aliphatic rings. The predicted molar refractivity (Wildman–Crippen MR) is 203 cm³/mol. The number of hydrogen-bond acceptors (Lipinski definition) is 9. The minimum Gasteiger partial charge on any atom is -0.444 e. The Morgan fingerprint density at radius 2 is 1.76 bits per heavy atom. The van der Waals surface area contributed by atoms with Crippen molar-refractivity contribution in [3.63, 3.8) is 0 Å². The fourth-order valence-electron chi connectivity index (χ4n) is 8.07. The molecule has 4 fully saturated rings. The van der Waals surface area contributed by atoms with Gasteiger partial charge in [0.15, 0.2) is 0 Å². The van der Waals surface area contributed by atoms with Crippen LogP contribution in [-0.4, -0.2) is 96.0 Å². The molecule has 2 saturated heterocycles. The third-order valence-corrected chi connectivity index (χ3v) is 13.9. The van der Waals surface area contributed by atoms with Crippen molar-refractivity contribution in [2.45, 2.75) is 101 Å². The van der Waals surface area contributed by atoms with Gasteiger partial charge in [0.25, 0.3) is 11.8 Å². The van der Waals surface area contributed by atoms with Crippen LogP contribution in [0.15, 0.2) is 53.9 Å². The molecule has 0 spiro atoms. The molecule has 0 radical (unpaired) electrons. The lowest BCUT2D eigenvalue weighted by Gasteiger charge is -2.33. The van der Waals surface area contributed by atoms with Crippen molar-refractivity contribution in [2.24, 2.45) is 17.8 Å². The Morgan fingerprint density at radius 1 is 1.00 bits per heavy atom. The molecule has 2 aromatic rings. The quantitative estimate of drug-likeness (QED) is 0.366. The molecular formula is C39H49N5O8S2. The summed E-state index contributed by atoms with van der Waals surface area (Å²) in [5, 5.41) is 6.90. The highest BCUT2D eigenvalue weighted by atomic mass is 32.2. The molecule has 0 unspecified atom stereocenters. The van der Waals surface area contributed by atoms with E-state index in [1.165, 1.54) is 16.2 Å². The maximum absolute atomic E-state index is 14.6. The minimum atomic E-state index is -3.90. The summed E-state index contributed by atoms with van der Waals surface area (Å²) in [6.45, 7) is 5.88. The number of hydrogen-bond donors (Lipinski definition) is 3. The zero-order valence-electron chi connectivity index (χ0n) is 30.9. The topological polar surface area (TPSA) is 171 Å². The minimum absolute atomic E-state index is 0.162. The summed E-state index contributed by atoms with van der Waals surface area (Å²) in [6.07, 6.45) is 7.49. The number of thiophene rings is 1. The first-order valence-corrected chi connectivity index (χ1v) is 21.4. The summed E-state index contributed by atoms with van der Waals surface area (Å²) < 4.78 is 33.5. The van der Waals surface area contributed by atoms with Crippen LogP contribution in [0.25, 0.3) is 10.4 Å². The normalized spacial score (nSPS) is 29.4. The number of amides is 5. The molecule has 15 heteroatoms. The summed E-state index contributed by atoms with van der Waals surface area (Å²) in [6, 6.07) is 9.61. The molecule has 6 atom stereocenters. The van der Waals surface area contributed by atoms with E-state index < -0.39 is 74.1 Å². The predicted octanol–water partition coefficient (Wildman–Crippen LogP) is 4.21. The number of carbonyl (C=O) groups is 5. The van der Waals surface area contributed by atoms with Gasteiger partial charge in [0, 0.05) is 47.6 Å². The number of fused-ring (bicyclic) bond motifs is 4. The Bertz CT molecular complexity index is 1940. The van der Waals surface area contributed by atoms with E-state index in [-0.39, 0.29) is 31.3 Å². The largest absolute Gasteiger partial charge is 0.444 e. The van der Waals surface area contributed by atoms with Gasteiger partial charge in [-0.2, -0.15) is 0 Å². The lowest BCUT2D eigenvalue weighted by Crippen LogP contribution is -2.60. The first-order valence-electron chi connectivity index (χ1n) is 18.9. The van der Waals surface area contributed by atoms with Crippen LogP contribution in [0.2, 0.25) is 0 Å². The van der Waals surface area contributed by atoms with Crippen molar-refractivity contribution >= 4 is 51.1 Å². The van der Waals surface area contributed by atoms with Crippen molar-refractivity contribution in [2.75, 3.05) is 19.6 Å². The number of alkyl carbamates (subject to hydrolysis) is 1. The first-order chi connectivity index (χ1) is 25.6. The van der Waals surface area contributed by atoms with Crippen LogP contribution in [0.4, 0.5) is 4.79 Å². The second-order valence-electron chi connectivity index (χ2n) is 16.3. The van der Waals surface area contributed by atoms with Gasteiger partial charge in [-0.3, -0.25) is 23.9 Å². The Hall–Kier alpha value is -4.24. The lowest BCUT2D eigenvalue weighted by molar-refractivity contribution is -0.142. The summed E-state index contributed by atoms with van der Waals surface area (Å²) >= 11 is 1.48. The molecule has 2 aliphatic carbocycles. The van der Waals surface area contributed by atoms with E-state index in [1.807, 2.05) is 53.9 Å². The van der Waals surface area contributed by atoms with E-state index in [9.17, 15) is 32.4 Å². The van der Waals surface area contributed by atoms with Crippen molar-refractivity contribution in [3.8, 4) is 10.4 Å². The van der Waals surface area contributed by atoms with Crippen molar-refractivity contribution in [1.82, 2.24) is 25.2 Å². The highest BCUT2D eigenvalue weighted by Gasteiger charge is 2.63. The second kappa shape index (κ2) is 14.8. The Balaban J connectivity index is 1.17. The van der Waals surface area contributed by atoms with Gasteiger partial charge < -0.3 is 25.2 Å². The number of rotatable bonds is 6. The lowest BCUT2D eigenvalue weighted by atomic mass is 9.93. The highest BCUT2D eigenvalue weighted by Crippen LogP contribution is 2.47. The van der Waals surface area contributed by atoms with Gasteiger partial charge in [0.2, 0.25) is 21.8 Å². The van der Waals surface area contributed by atoms with Gasteiger partial charge in [-0.25, -0.2) is 13.2 Å². The van der Waals surface area contributed by atoms with E-state index in [0.717, 1.165) is 23.3 Å². The molecule has 3 aliphatic heterocycles. The van der Waals surface area contributed by atoms with Crippen molar-refractivity contribution in [1.29, 1.82) is 0 Å². The maximum atomic E-state index is 14.6. The first kappa shape index (κ1) is 38.1. The maximum Gasteiger partial charge on any atom is 0.408 e. The fourth-order valence-corrected chi connectivity index (χ4v) is 10.3. The van der Waals surface area contributed by atoms with Crippen molar-refractivity contribution < 1.29 is 37.1 Å². The number of sulfonamides is 1. The average Bonchev–Trinajstić information content (AvgIpc) is 3.93. The van der Waals surface area contributed by atoms with Crippen LogP contribution in [0, 0.1) is 17.8 Å². The smallest absolute Gasteiger partial charge is 0.408 e. The summed E-state index contributed by atoms with van der Waals surface area (Å²) in [5.41, 5.74) is -0.753. The Kier molecular flexibility index (Phi) is 10.4. The number of ether oxygens (including phenoxy) is 1. The van der Waals surface area contributed by atoms with Crippen molar-refractivity contribution in [3.05, 3.63) is 59.5 Å². The van der Waals surface area contributed by atoms with Gasteiger partial charge in [-0.15, -0.1) is 11.3 Å². The molecule has 7 rings (SSSR count). The number of allylic oxidation sites excluding steroid dienone is 1. The molecular weight excluding hydrogens is 731 g/mol. The summed E-state index contributed by atoms with van der Waals surface area (Å²) in [7, 11) is -3.90. The SMILES string of the molecule is CC(C)(C)OC(=O)N[C@@H]1CCCCC/C=C\[C@@H]2C[C@@]2(C(=O)NS(=O)(=O)C2CC2)NC(=O)[C@@H]2[C@H]3CN(C(=O)c4csc(-c5ccccc5)c4)C[C@H]3CN2C1=O. The average molecular weight is 780 g/mol. The van der Waals surface area contributed by atoms with E-state index in [2.05, 4.69) is 15.4 Å². The zero-order valence-corrected chi connectivity index (χ0v) is 32.5.